The number of benzene rings is 2. The molecule has 0 heterocycles. The van der Waals surface area contributed by atoms with Crippen molar-refractivity contribution in [1.29, 1.82) is 0 Å². The third kappa shape index (κ3) is 5.61. The molecule has 0 aliphatic rings. The molecule has 0 spiro atoms. The molecular formula is C20H25NO3. The molecule has 0 fully saturated rings. The van der Waals surface area contributed by atoms with E-state index in [-0.39, 0.29) is 5.91 Å². The summed E-state index contributed by atoms with van der Waals surface area (Å²) in [4.78, 5) is 12.0. The lowest BCUT2D eigenvalue weighted by molar-refractivity contribution is -0.121. The molecule has 2 aromatic rings. The molecule has 0 atom stereocenters. The topological polar surface area (TPSA) is 47.6 Å². The zero-order valence-electron chi connectivity index (χ0n) is 14.4. The number of rotatable bonds is 9. The maximum Gasteiger partial charge on any atom is 0.220 e. The van der Waals surface area contributed by atoms with Crippen LogP contribution in [0, 0.1) is 0 Å². The zero-order valence-corrected chi connectivity index (χ0v) is 14.4. The normalized spacial score (nSPS) is 10.2. The van der Waals surface area contributed by atoms with Crippen LogP contribution in [-0.2, 0) is 17.8 Å². The van der Waals surface area contributed by atoms with E-state index in [4.69, 9.17) is 9.47 Å². The number of methoxy groups -OCH3 is 1. The molecule has 0 aliphatic carbocycles. The number of hydrogen-bond acceptors (Lipinski definition) is 3. The number of carbonyl (C=O) groups is 1. The minimum atomic E-state index is 0.0455. The minimum Gasteiger partial charge on any atom is -0.493 e. The summed E-state index contributed by atoms with van der Waals surface area (Å²) in [6.45, 7) is 3.20. The van der Waals surface area contributed by atoms with Crippen molar-refractivity contribution in [1.82, 2.24) is 5.32 Å². The summed E-state index contributed by atoms with van der Waals surface area (Å²) in [6, 6.07) is 15.8. The first-order valence-electron chi connectivity index (χ1n) is 8.33. The Morgan fingerprint density at radius 2 is 1.83 bits per heavy atom. The van der Waals surface area contributed by atoms with Gasteiger partial charge in [0.1, 0.15) is 0 Å². The van der Waals surface area contributed by atoms with Crippen LogP contribution in [0.2, 0.25) is 0 Å². The van der Waals surface area contributed by atoms with Crippen LogP contribution in [0.15, 0.2) is 48.5 Å². The third-order valence-electron chi connectivity index (χ3n) is 3.66. The molecular weight excluding hydrogens is 302 g/mol. The van der Waals surface area contributed by atoms with Crippen molar-refractivity contribution < 1.29 is 14.3 Å². The first kappa shape index (κ1) is 17.9. The minimum absolute atomic E-state index is 0.0455. The van der Waals surface area contributed by atoms with Gasteiger partial charge in [0.25, 0.3) is 0 Å². The van der Waals surface area contributed by atoms with E-state index < -0.39 is 0 Å². The molecule has 2 rings (SSSR count). The van der Waals surface area contributed by atoms with Gasteiger partial charge in [0.2, 0.25) is 5.91 Å². The Bertz CT molecular complexity index is 641. The standard InChI is InChI=1S/C20H25NO3/c1-3-13-24-18-11-9-17(14-19(18)23-2)15-21-20(22)12-10-16-7-5-4-6-8-16/h4-9,11,14H,3,10,12-13,15H2,1-2H3,(H,21,22). The first-order valence-corrected chi connectivity index (χ1v) is 8.33. The van der Waals surface area contributed by atoms with Gasteiger partial charge in [-0.05, 0) is 36.1 Å². The molecule has 0 aromatic heterocycles. The number of aryl methyl sites for hydroxylation is 1. The maximum atomic E-state index is 12.0. The first-order chi connectivity index (χ1) is 11.7. The van der Waals surface area contributed by atoms with Crippen LogP contribution in [0.1, 0.15) is 30.9 Å². The van der Waals surface area contributed by atoms with Gasteiger partial charge in [-0.3, -0.25) is 4.79 Å². The van der Waals surface area contributed by atoms with Crippen molar-refractivity contribution in [2.24, 2.45) is 0 Å². The Balaban J connectivity index is 1.83. The van der Waals surface area contributed by atoms with E-state index in [2.05, 4.69) is 12.2 Å². The van der Waals surface area contributed by atoms with E-state index in [9.17, 15) is 4.79 Å². The lowest BCUT2D eigenvalue weighted by Gasteiger charge is -2.12. The summed E-state index contributed by atoms with van der Waals surface area (Å²) in [5.74, 6) is 1.47. The second-order valence-corrected chi connectivity index (χ2v) is 5.60. The molecule has 128 valence electrons. The molecule has 0 unspecified atom stereocenters. The van der Waals surface area contributed by atoms with Gasteiger partial charge in [0.05, 0.1) is 13.7 Å². The number of amides is 1. The fourth-order valence-corrected chi connectivity index (χ4v) is 2.34. The molecule has 2 aromatic carbocycles. The number of hydrogen-bond donors (Lipinski definition) is 1. The number of nitrogens with one attached hydrogen (secondary N) is 1. The van der Waals surface area contributed by atoms with Crippen LogP contribution < -0.4 is 14.8 Å². The molecule has 0 saturated carbocycles. The van der Waals surface area contributed by atoms with Gasteiger partial charge in [0, 0.05) is 13.0 Å². The zero-order chi connectivity index (χ0) is 17.2. The third-order valence-corrected chi connectivity index (χ3v) is 3.66. The summed E-state index contributed by atoms with van der Waals surface area (Å²) >= 11 is 0. The molecule has 0 radical (unpaired) electrons. The SMILES string of the molecule is CCCOc1ccc(CNC(=O)CCc2ccccc2)cc1OC. The number of carbonyl (C=O) groups excluding carboxylic acids is 1. The molecule has 4 heteroatoms. The molecule has 1 N–H and O–H groups in total. The second-order valence-electron chi connectivity index (χ2n) is 5.60. The molecule has 24 heavy (non-hydrogen) atoms. The van der Waals surface area contributed by atoms with Crippen molar-refractivity contribution in [2.75, 3.05) is 13.7 Å². The Morgan fingerprint density at radius 3 is 2.54 bits per heavy atom. The summed E-state index contributed by atoms with van der Waals surface area (Å²) < 4.78 is 11.0. The molecule has 0 saturated heterocycles. The lowest BCUT2D eigenvalue weighted by atomic mass is 10.1. The van der Waals surface area contributed by atoms with Crippen LogP contribution in [-0.4, -0.2) is 19.6 Å². The lowest BCUT2D eigenvalue weighted by Crippen LogP contribution is -2.23. The summed E-state index contributed by atoms with van der Waals surface area (Å²) in [5.41, 5.74) is 2.16. The fraction of sp³-hybridized carbons (Fsp3) is 0.350. The molecule has 4 nitrogen and oxygen atoms in total. The van der Waals surface area contributed by atoms with Gasteiger partial charge in [-0.2, -0.15) is 0 Å². The van der Waals surface area contributed by atoms with Crippen molar-refractivity contribution in [3.63, 3.8) is 0 Å². The van der Waals surface area contributed by atoms with Gasteiger partial charge in [-0.15, -0.1) is 0 Å². The van der Waals surface area contributed by atoms with Crippen LogP contribution in [0.3, 0.4) is 0 Å². The van der Waals surface area contributed by atoms with E-state index in [1.165, 1.54) is 5.56 Å². The van der Waals surface area contributed by atoms with Crippen molar-refractivity contribution in [3.05, 3.63) is 59.7 Å². The largest absolute Gasteiger partial charge is 0.493 e. The fourth-order valence-electron chi connectivity index (χ4n) is 2.34. The highest BCUT2D eigenvalue weighted by molar-refractivity contribution is 5.76. The van der Waals surface area contributed by atoms with E-state index in [1.54, 1.807) is 7.11 Å². The second kappa shape index (κ2) is 9.60. The monoisotopic (exact) mass is 327 g/mol. The van der Waals surface area contributed by atoms with Crippen LogP contribution >= 0.6 is 0 Å². The van der Waals surface area contributed by atoms with Gasteiger partial charge < -0.3 is 14.8 Å². The predicted molar refractivity (Wildman–Crippen MR) is 95.4 cm³/mol. The Kier molecular flexibility index (Phi) is 7.15. The highest BCUT2D eigenvalue weighted by atomic mass is 16.5. The van der Waals surface area contributed by atoms with Crippen LogP contribution in [0.4, 0.5) is 0 Å². The van der Waals surface area contributed by atoms with Crippen molar-refractivity contribution in [2.45, 2.75) is 32.7 Å². The maximum absolute atomic E-state index is 12.0. The molecule has 0 aliphatic heterocycles. The van der Waals surface area contributed by atoms with Crippen molar-refractivity contribution in [3.8, 4) is 11.5 Å². The van der Waals surface area contributed by atoms with Crippen LogP contribution in [0.25, 0.3) is 0 Å². The van der Waals surface area contributed by atoms with Crippen LogP contribution in [0.5, 0.6) is 11.5 Å². The highest BCUT2D eigenvalue weighted by Crippen LogP contribution is 2.28. The van der Waals surface area contributed by atoms with Gasteiger partial charge in [0.15, 0.2) is 11.5 Å². The van der Waals surface area contributed by atoms with E-state index in [0.29, 0.717) is 25.3 Å². The van der Waals surface area contributed by atoms with Gasteiger partial charge in [-0.25, -0.2) is 0 Å². The molecule has 0 bridgehead atoms. The summed E-state index contributed by atoms with van der Waals surface area (Å²) in [5, 5.41) is 2.95. The van der Waals surface area contributed by atoms with E-state index in [1.807, 2.05) is 48.5 Å². The summed E-state index contributed by atoms with van der Waals surface area (Å²) in [6.07, 6.45) is 2.18. The van der Waals surface area contributed by atoms with Crippen molar-refractivity contribution >= 4 is 5.91 Å². The Hall–Kier alpha value is -2.49. The van der Waals surface area contributed by atoms with Gasteiger partial charge in [-0.1, -0.05) is 43.3 Å². The average Bonchev–Trinajstić information content (AvgIpc) is 2.64. The average molecular weight is 327 g/mol. The summed E-state index contributed by atoms with van der Waals surface area (Å²) in [7, 11) is 1.62. The smallest absolute Gasteiger partial charge is 0.220 e. The Morgan fingerprint density at radius 1 is 1.04 bits per heavy atom. The van der Waals surface area contributed by atoms with Gasteiger partial charge >= 0.3 is 0 Å². The van der Waals surface area contributed by atoms with E-state index in [0.717, 1.165) is 24.2 Å². The molecule has 1 amide bonds. The quantitative estimate of drug-likeness (QED) is 0.763. The highest BCUT2D eigenvalue weighted by Gasteiger charge is 2.07. The number of ether oxygens (including phenoxy) is 2. The van der Waals surface area contributed by atoms with E-state index >= 15 is 0 Å². The predicted octanol–water partition coefficient (Wildman–Crippen LogP) is 3.73. The Labute approximate surface area is 143 Å².